The highest BCUT2D eigenvalue weighted by molar-refractivity contribution is 7.91. The quantitative estimate of drug-likeness (QED) is 0.879. The zero-order valence-electron chi connectivity index (χ0n) is 11.7. The Bertz CT molecular complexity index is 598. The molecule has 1 aliphatic rings. The topological polar surface area (TPSA) is 75.3 Å². The highest BCUT2D eigenvalue weighted by atomic mass is 32.2. The zero-order chi connectivity index (χ0) is 14.8. The van der Waals surface area contributed by atoms with E-state index in [-0.39, 0.29) is 23.5 Å². The number of nitrogens with one attached hydrogen (secondary N) is 2. The Hall–Kier alpha value is -1.40. The summed E-state index contributed by atoms with van der Waals surface area (Å²) in [7, 11) is -1.18. The van der Waals surface area contributed by atoms with E-state index in [9.17, 15) is 13.2 Å². The third kappa shape index (κ3) is 3.37. The Kier molecular flexibility index (Phi) is 4.45. The number of hydrogen-bond acceptors (Lipinski definition) is 4. The number of para-hydroxylation sites is 1. The molecule has 0 aliphatic carbocycles. The van der Waals surface area contributed by atoms with Crippen LogP contribution in [0.4, 0.5) is 5.69 Å². The molecule has 2 N–H and O–H groups in total. The van der Waals surface area contributed by atoms with Crippen molar-refractivity contribution in [2.75, 3.05) is 23.9 Å². The highest BCUT2D eigenvalue weighted by Gasteiger charge is 2.33. The van der Waals surface area contributed by atoms with Gasteiger partial charge in [-0.2, -0.15) is 0 Å². The minimum absolute atomic E-state index is 0.0391. The van der Waals surface area contributed by atoms with Gasteiger partial charge >= 0.3 is 0 Å². The van der Waals surface area contributed by atoms with Gasteiger partial charge in [-0.05, 0) is 32.0 Å². The van der Waals surface area contributed by atoms with E-state index in [0.717, 1.165) is 11.3 Å². The van der Waals surface area contributed by atoms with Crippen molar-refractivity contribution in [2.24, 2.45) is 5.92 Å². The summed E-state index contributed by atoms with van der Waals surface area (Å²) in [6.07, 6.45) is 0.415. The minimum Gasteiger partial charge on any atom is -0.326 e. The number of carbonyl (C=O) groups is 1. The van der Waals surface area contributed by atoms with Gasteiger partial charge in [-0.1, -0.05) is 18.2 Å². The van der Waals surface area contributed by atoms with Crippen LogP contribution in [0, 0.1) is 5.92 Å². The molecule has 0 bridgehead atoms. The van der Waals surface area contributed by atoms with Gasteiger partial charge in [-0.3, -0.25) is 4.79 Å². The molecule has 1 heterocycles. The van der Waals surface area contributed by atoms with Crippen molar-refractivity contribution in [2.45, 2.75) is 19.4 Å². The van der Waals surface area contributed by atoms with Gasteiger partial charge < -0.3 is 10.6 Å². The van der Waals surface area contributed by atoms with Gasteiger partial charge in [0.2, 0.25) is 5.91 Å². The van der Waals surface area contributed by atoms with E-state index in [4.69, 9.17) is 0 Å². The van der Waals surface area contributed by atoms with Crippen LogP contribution >= 0.6 is 0 Å². The van der Waals surface area contributed by atoms with E-state index in [1.807, 2.05) is 38.2 Å². The predicted octanol–water partition coefficient (Wildman–Crippen LogP) is 1.34. The van der Waals surface area contributed by atoms with Gasteiger partial charge in [0.15, 0.2) is 9.84 Å². The number of sulfone groups is 1. The molecule has 1 aliphatic heterocycles. The van der Waals surface area contributed by atoms with E-state index in [0.29, 0.717) is 6.42 Å². The molecular weight excluding hydrogens is 276 g/mol. The van der Waals surface area contributed by atoms with Crippen LogP contribution in [0.1, 0.15) is 24.9 Å². The molecule has 2 atom stereocenters. The lowest BCUT2D eigenvalue weighted by atomic mass is 10.0. The first kappa shape index (κ1) is 15.0. The van der Waals surface area contributed by atoms with Crippen LogP contribution in [0.3, 0.4) is 0 Å². The van der Waals surface area contributed by atoms with Crippen LogP contribution in [0.2, 0.25) is 0 Å². The van der Waals surface area contributed by atoms with Crippen molar-refractivity contribution >= 4 is 21.4 Å². The molecule has 1 saturated heterocycles. The van der Waals surface area contributed by atoms with Gasteiger partial charge in [0.1, 0.15) is 0 Å². The van der Waals surface area contributed by atoms with Crippen LogP contribution in [-0.2, 0) is 14.6 Å². The summed E-state index contributed by atoms with van der Waals surface area (Å²) in [5.41, 5.74) is 1.73. The third-order valence-corrected chi connectivity index (χ3v) is 5.49. The van der Waals surface area contributed by atoms with Gasteiger partial charge in [-0.15, -0.1) is 0 Å². The largest absolute Gasteiger partial charge is 0.326 e. The summed E-state index contributed by atoms with van der Waals surface area (Å²) < 4.78 is 22.9. The van der Waals surface area contributed by atoms with Crippen LogP contribution in [0.25, 0.3) is 0 Å². The first-order chi connectivity index (χ1) is 9.43. The molecule has 1 aromatic rings. The second-order valence-electron chi connectivity index (χ2n) is 5.19. The first-order valence-electron chi connectivity index (χ1n) is 6.70. The second kappa shape index (κ2) is 5.93. The van der Waals surface area contributed by atoms with Gasteiger partial charge in [0.25, 0.3) is 0 Å². The Morgan fingerprint density at radius 1 is 1.35 bits per heavy atom. The van der Waals surface area contributed by atoms with Gasteiger partial charge in [-0.25, -0.2) is 8.42 Å². The Morgan fingerprint density at radius 3 is 2.65 bits per heavy atom. The molecule has 1 fully saturated rings. The average Bonchev–Trinajstić information content (AvgIpc) is 2.79. The third-order valence-electron chi connectivity index (χ3n) is 3.72. The molecule has 0 radical (unpaired) electrons. The van der Waals surface area contributed by atoms with Crippen molar-refractivity contribution in [3.05, 3.63) is 29.8 Å². The summed E-state index contributed by atoms with van der Waals surface area (Å²) in [6.45, 7) is 2.00. The molecule has 6 heteroatoms. The first-order valence-corrected chi connectivity index (χ1v) is 8.52. The average molecular weight is 296 g/mol. The maximum absolute atomic E-state index is 12.2. The predicted molar refractivity (Wildman–Crippen MR) is 79.3 cm³/mol. The van der Waals surface area contributed by atoms with Crippen molar-refractivity contribution in [3.63, 3.8) is 0 Å². The number of amides is 1. The normalized spacial score (nSPS) is 22.4. The fourth-order valence-electron chi connectivity index (χ4n) is 2.38. The molecule has 0 spiro atoms. The number of rotatable bonds is 4. The molecule has 0 aromatic heterocycles. The number of anilines is 1. The molecule has 20 heavy (non-hydrogen) atoms. The Balaban J connectivity index is 2.12. The van der Waals surface area contributed by atoms with Crippen LogP contribution < -0.4 is 10.6 Å². The van der Waals surface area contributed by atoms with Gasteiger partial charge in [0, 0.05) is 11.7 Å². The number of carbonyl (C=O) groups excluding carboxylic acids is 1. The molecule has 2 rings (SSSR count). The molecule has 0 saturated carbocycles. The summed E-state index contributed by atoms with van der Waals surface area (Å²) >= 11 is 0. The lowest BCUT2D eigenvalue weighted by molar-refractivity contribution is -0.119. The van der Waals surface area contributed by atoms with E-state index in [1.165, 1.54) is 0 Å². The number of hydrogen-bond donors (Lipinski definition) is 2. The van der Waals surface area contributed by atoms with Crippen LogP contribution in [0.15, 0.2) is 24.3 Å². The molecule has 1 aromatic carbocycles. The van der Waals surface area contributed by atoms with Gasteiger partial charge in [0.05, 0.1) is 17.4 Å². The summed E-state index contributed by atoms with van der Waals surface area (Å²) in [6, 6.07) is 7.66. The Labute approximate surface area is 119 Å². The van der Waals surface area contributed by atoms with E-state index in [2.05, 4.69) is 10.6 Å². The second-order valence-corrected chi connectivity index (χ2v) is 7.42. The molecule has 2 unspecified atom stereocenters. The fourth-order valence-corrected chi connectivity index (χ4v) is 4.12. The SMILES string of the molecule is CNC(C)c1ccccc1NC(=O)C1CCS(=O)(=O)C1. The lowest BCUT2D eigenvalue weighted by Crippen LogP contribution is -2.25. The molecule has 110 valence electrons. The standard InChI is InChI=1S/C14H20N2O3S/c1-10(15-2)12-5-3-4-6-13(12)16-14(17)11-7-8-20(18,19)9-11/h3-6,10-11,15H,7-9H2,1-2H3,(H,16,17). The molecule has 1 amide bonds. The summed E-state index contributed by atoms with van der Waals surface area (Å²) in [4.78, 5) is 12.2. The Morgan fingerprint density at radius 2 is 2.05 bits per heavy atom. The molecule has 5 nitrogen and oxygen atoms in total. The zero-order valence-corrected chi connectivity index (χ0v) is 12.5. The maximum Gasteiger partial charge on any atom is 0.228 e. The maximum atomic E-state index is 12.2. The fraction of sp³-hybridized carbons (Fsp3) is 0.500. The number of benzene rings is 1. The summed E-state index contributed by atoms with van der Waals surface area (Å²) in [5, 5.41) is 5.99. The van der Waals surface area contributed by atoms with Crippen LogP contribution in [-0.4, -0.2) is 32.9 Å². The van der Waals surface area contributed by atoms with E-state index < -0.39 is 15.8 Å². The smallest absolute Gasteiger partial charge is 0.228 e. The van der Waals surface area contributed by atoms with Crippen LogP contribution in [0.5, 0.6) is 0 Å². The summed E-state index contributed by atoms with van der Waals surface area (Å²) in [5.74, 6) is -0.567. The highest BCUT2D eigenvalue weighted by Crippen LogP contribution is 2.25. The van der Waals surface area contributed by atoms with E-state index in [1.54, 1.807) is 0 Å². The van der Waals surface area contributed by atoms with Crippen molar-refractivity contribution in [1.82, 2.24) is 5.32 Å². The lowest BCUT2D eigenvalue weighted by Gasteiger charge is -2.17. The molecular formula is C14H20N2O3S. The van der Waals surface area contributed by atoms with Crippen molar-refractivity contribution in [3.8, 4) is 0 Å². The minimum atomic E-state index is -3.04. The van der Waals surface area contributed by atoms with Crippen molar-refractivity contribution in [1.29, 1.82) is 0 Å². The van der Waals surface area contributed by atoms with Crippen molar-refractivity contribution < 1.29 is 13.2 Å². The monoisotopic (exact) mass is 296 g/mol. The van der Waals surface area contributed by atoms with E-state index >= 15 is 0 Å².